The van der Waals surface area contributed by atoms with Crippen molar-refractivity contribution in [2.24, 2.45) is 0 Å². The Kier molecular flexibility index (Phi) is 4.27. The third kappa shape index (κ3) is 3.50. The number of hydrogen-bond donors (Lipinski definition) is 2. The van der Waals surface area contributed by atoms with Crippen molar-refractivity contribution in [2.45, 2.75) is 19.4 Å². The first-order valence-corrected chi connectivity index (χ1v) is 7.36. The molecule has 1 aliphatic rings. The van der Waals surface area contributed by atoms with E-state index in [2.05, 4.69) is 15.3 Å². The molecule has 3 rings (SSSR count). The molecule has 0 saturated heterocycles. The van der Waals surface area contributed by atoms with Crippen molar-refractivity contribution in [3.05, 3.63) is 52.2 Å². The van der Waals surface area contributed by atoms with E-state index in [9.17, 15) is 9.59 Å². The molecule has 23 heavy (non-hydrogen) atoms. The second kappa shape index (κ2) is 6.51. The van der Waals surface area contributed by atoms with Crippen LogP contribution in [0, 0.1) is 6.92 Å². The third-order valence-corrected chi connectivity index (χ3v) is 3.49. The minimum Gasteiger partial charge on any atom is -0.486 e. The van der Waals surface area contributed by atoms with Crippen LogP contribution in [0.4, 0.5) is 0 Å². The monoisotopic (exact) mass is 315 g/mol. The molecule has 2 heterocycles. The summed E-state index contributed by atoms with van der Waals surface area (Å²) in [6.45, 7) is 2.46. The van der Waals surface area contributed by atoms with E-state index in [1.807, 2.05) is 24.3 Å². The standard InChI is InChI=1S/C16H17N3O4/c1-10-18-8-12(16(21)19-10)15(20)17-7-6-11-9-22-13-4-2-3-5-14(13)23-11/h2-5,8,11H,6-7,9H2,1H3,(H,17,20)(H,18,19,21)/t11-/m0/s1. The Morgan fingerprint density at radius 2 is 2.17 bits per heavy atom. The zero-order chi connectivity index (χ0) is 16.2. The first-order valence-electron chi connectivity index (χ1n) is 7.36. The summed E-state index contributed by atoms with van der Waals surface area (Å²) < 4.78 is 11.4. The van der Waals surface area contributed by atoms with Crippen molar-refractivity contribution in [3.63, 3.8) is 0 Å². The lowest BCUT2D eigenvalue weighted by atomic mass is 10.2. The van der Waals surface area contributed by atoms with Gasteiger partial charge in [0.1, 0.15) is 24.1 Å². The van der Waals surface area contributed by atoms with Gasteiger partial charge in [-0.1, -0.05) is 12.1 Å². The Morgan fingerprint density at radius 3 is 2.96 bits per heavy atom. The average Bonchev–Trinajstić information content (AvgIpc) is 2.54. The molecule has 120 valence electrons. The summed E-state index contributed by atoms with van der Waals surface area (Å²) >= 11 is 0. The summed E-state index contributed by atoms with van der Waals surface area (Å²) in [5.74, 6) is 1.45. The van der Waals surface area contributed by atoms with Gasteiger partial charge < -0.3 is 19.8 Å². The molecule has 0 radical (unpaired) electrons. The van der Waals surface area contributed by atoms with Gasteiger partial charge in [0.05, 0.1) is 0 Å². The quantitative estimate of drug-likeness (QED) is 0.879. The van der Waals surface area contributed by atoms with Crippen LogP contribution in [0.5, 0.6) is 11.5 Å². The molecule has 0 bridgehead atoms. The number of H-pyrrole nitrogens is 1. The zero-order valence-corrected chi connectivity index (χ0v) is 12.7. The number of nitrogens with one attached hydrogen (secondary N) is 2. The van der Waals surface area contributed by atoms with E-state index in [0.717, 1.165) is 5.75 Å². The smallest absolute Gasteiger partial charge is 0.263 e. The minimum absolute atomic E-state index is 0.00163. The number of fused-ring (bicyclic) bond motifs is 1. The molecule has 1 atom stereocenters. The third-order valence-electron chi connectivity index (χ3n) is 3.49. The number of aromatic amines is 1. The molecule has 1 aromatic carbocycles. The lowest BCUT2D eigenvalue weighted by molar-refractivity contribution is 0.0812. The van der Waals surface area contributed by atoms with Crippen LogP contribution in [0.1, 0.15) is 22.6 Å². The summed E-state index contributed by atoms with van der Waals surface area (Å²) in [5.41, 5.74) is -0.442. The van der Waals surface area contributed by atoms with Gasteiger partial charge in [-0.05, 0) is 19.1 Å². The molecule has 2 aromatic rings. The van der Waals surface area contributed by atoms with Gasteiger partial charge in [-0.15, -0.1) is 0 Å². The second-order valence-corrected chi connectivity index (χ2v) is 5.25. The summed E-state index contributed by atoms with van der Waals surface area (Å²) in [7, 11) is 0. The Bertz CT molecular complexity index is 772. The van der Waals surface area contributed by atoms with Crippen LogP contribution in [0.3, 0.4) is 0 Å². The number of rotatable bonds is 4. The molecule has 1 amide bonds. The van der Waals surface area contributed by atoms with E-state index < -0.39 is 11.5 Å². The highest BCUT2D eigenvalue weighted by molar-refractivity contribution is 5.93. The van der Waals surface area contributed by atoms with Crippen LogP contribution >= 0.6 is 0 Å². The van der Waals surface area contributed by atoms with Crippen LogP contribution < -0.4 is 20.3 Å². The van der Waals surface area contributed by atoms with Gasteiger partial charge in [-0.3, -0.25) is 9.59 Å². The first-order chi connectivity index (χ1) is 11.1. The average molecular weight is 315 g/mol. The maximum absolute atomic E-state index is 12.0. The van der Waals surface area contributed by atoms with Gasteiger partial charge in [0.2, 0.25) is 0 Å². The highest BCUT2D eigenvalue weighted by Gasteiger charge is 2.20. The fourth-order valence-corrected chi connectivity index (χ4v) is 2.29. The van der Waals surface area contributed by atoms with Gasteiger partial charge in [0.25, 0.3) is 11.5 Å². The molecule has 1 aliphatic heterocycles. The number of carbonyl (C=O) groups is 1. The number of hydrogen-bond acceptors (Lipinski definition) is 5. The number of carbonyl (C=O) groups excluding carboxylic acids is 1. The number of aryl methyl sites for hydroxylation is 1. The Balaban J connectivity index is 1.52. The number of nitrogens with zero attached hydrogens (tertiary/aromatic N) is 1. The molecule has 2 N–H and O–H groups in total. The van der Waals surface area contributed by atoms with E-state index in [-0.39, 0.29) is 11.7 Å². The lowest BCUT2D eigenvalue weighted by Gasteiger charge is -2.26. The molecule has 0 unspecified atom stereocenters. The van der Waals surface area contributed by atoms with Crippen LogP contribution in [-0.4, -0.2) is 35.1 Å². The Hall–Kier alpha value is -2.83. The van der Waals surface area contributed by atoms with Crippen molar-refractivity contribution in [1.82, 2.24) is 15.3 Å². The highest BCUT2D eigenvalue weighted by atomic mass is 16.6. The van der Waals surface area contributed by atoms with Gasteiger partial charge in [0, 0.05) is 19.2 Å². The zero-order valence-electron chi connectivity index (χ0n) is 12.7. The Morgan fingerprint density at radius 1 is 1.39 bits per heavy atom. The van der Waals surface area contributed by atoms with E-state index >= 15 is 0 Å². The fraction of sp³-hybridized carbons (Fsp3) is 0.312. The Labute approximate surface area is 132 Å². The van der Waals surface area contributed by atoms with Gasteiger partial charge in [0.15, 0.2) is 11.5 Å². The van der Waals surface area contributed by atoms with Crippen molar-refractivity contribution in [3.8, 4) is 11.5 Å². The molecule has 7 heteroatoms. The molecule has 0 aliphatic carbocycles. The number of amides is 1. The van der Waals surface area contributed by atoms with Gasteiger partial charge in [-0.2, -0.15) is 0 Å². The van der Waals surface area contributed by atoms with Crippen LogP contribution in [0.15, 0.2) is 35.3 Å². The summed E-state index contributed by atoms with van der Waals surface area (Å²) in [6, 6.07) is 7.46. The van der Waals surface area contributed by atoms with E-state index in [1.165, 1.54) is 6.20 Å². The number of benzene rings is 1. The summed E-state index contributed by atoms with van der Waals surface area (Å²) in [4.78, 5) is 30.1. The SMILES string of the molecule is Cc1ncc(C(=O)NCC[C@H]2COc3ccccc3O2)c(=O)[nH]1. The van der Waals surface area contributed by atoms with Crippen molar-refractivity contribution in [2.75, 3.05) is 13.2 Å². The second-order valence-electron chi connectivity index (χ2n) is 5.25. The normalized spacial score (nSPS) is 16.0. The molecular weight excluding hydrogens is 298 g/mol. The highest BCUT2D eigenvalue weighted by Crippen LogP contribution is 2.31. The number of para-hydroxylation sites is 2. The summed E-state index contributed by atoms with van der Waals surface area (Å²) in [6.07, 6.45) is 1.72. The fourth-order valence-electron chi connectivity index (χ4n) is 2.29. The lowest BCUT2D eigenvalue weighted by Crippen LogP contribution is -2.36. The predicted octanol–water partition coefficient (Wildman–Crippen LogP) is 1.04. The van der Waals surface area contributed by atoms with Crippen LogP contribution in [-0.2, 0) is 0 Å². The topological polar surface area (TPSA) is 93.3 Å². The van der Waals surface area contributed by atoms with Crippen molar-refractivity contribution in [1.29, 1.82) is 0 Å². The van der Waals surface area contributed by atoms with Crippen molar-refractivity contribution >= 4 is 5.91 Å². The van der Waals surface area contributed by atoms with E-state index in [1.54, 1.807) is 6.92 Å². The molecule has 0 saturated carbocycles. The van der Waals surface area contributed by atoms with Crippen molar-refractivity contribution < 1.29 is 14.3 Å². The van der Waals surface area contributed by atoms with Crippen LogP contribution in [0.25, 0.3) is 0 Å². The van der Waals surface area contributed by atoms with Gasteiger partial charge >= 0.3 is 0 Å². The maximum atomic E-state index is 12.0. The van der Waals surface area contributed by atoms with E-state index in [4.69, 9.17) is 9.47 Å². The van der Waals surface area contributed by atoms with Gasteiger partial charge in [-0.25, -0.2) is 4.98 Å². The number of aromatic nitrogens is 2. The maximum Gasteiger partial charge on any atom is 0.263 e. The van der Waals surface area contributed by atoms with E-state index in [0.29, 0.717) is 31.1 Å². The molecule has 7 nitrogen and oxygen atoms in total. The largest absolute Gasteiger partial charge is 0.486 e. The first kappa shape index (κ1) is 15.1. The molecule has 0 spiro atoms. The molecule has 0 fully saturated rings. The molecule has 1 aromatic heterocycles. The number of ether oxygens (including phenoxy) is 2. The van der Waals surface area contributed by atoms with Crippen LogP contribution in [0.2, 0.25) is 0 Å². The minimum atomic E-state index is -0.448. The summed E-state index contributed by atoms with van der Waals surface area (Å²) in [5, 5.41) is 2.70. The molecular formula is C16H17N3O4. The predicted molar refractivity (Wildman–Crippen MR) is 82.9 cm³/mol.